The fourth-order valence-electron chi connectivity index (χ4n) is 0.538. The number of anilines is 1. The Hall–Kier alpha value is 0.909. The second-order valence-electron chi connectivity index (χ2n) is 1.86. The Bertz CT molecular complexity index is 233. The molecule has 2 N–H and O–H groups in total. The second kappa shape index (κ2) is 7.23. The molecule has 0 aliphatic heterocycles. The molecule has 0 aromatic heterocycles. The van der Waals surface area contributed by atoms with Gasteiger partial charge in [-0.3, -0.25) is 0 Å². The van der Waals surface area contributed by atoms with Crippen LogP contribution in [0.2, 0.25) is 10.0 Å². The summed E-state index contributed by atoms with van der Waals surface area (Å²) in [5.74, 6) is -0.547. The first-order chi connectivity index (χ1) is 6.02. The van der Waals surface area contributed by atoms with E-state index in [9.17, 15) is 4.39 Å². The van der Waals surface area contributed by atoms with Gasteiger partial charge in [-0.15, -0.1) is 0 Å². The zero-order chi connectivity index (χ0) is 10.4. The van der Waals surface area contributed by atoms with Crippen molar-refractivity contribution in [3.8, 4) is 0 Å². The Morgan fingerprint density at radius 3 is 1.92 bits per heavy atom. The third-order valence-electron chi connectivity index (χ3n) is 1.04. The summed E-state index contributed by atoms with van der Waals surface area (Å²) in [6.45, 7) is 0. The summed E-state index contributed by atoms with van der Waals surface area (Å²) in [5, 5.41) is 0.439. The van der Waals surface area contributed by atoms with Crippen molar-refractivity contribution in [2.24, 2.45) is 0 Å². The summed E-state index contributed by atoms with van der Waals surface area (Å²) in [6.07, 6.45) is 0. The molecule has 1 aromatic rings. The fraction of sp³-hybridized carbons (Fsp3) is 0. The van der Waals surface area contributed by atoms with Crippen LogP contribution < -0.4 is 5.73 Å². The van der Waals surface area contributed by atoms with Gasteiger partial charge in [-0.05, 0) is 12.1 Å². The first-order valence-corrected chi connectivity index (χ1v) is 10.9. The van der Waals surface area contributed by atoms with Gasteiger partial charge in [-0.1, -0.05) is 23.2 Å². The van der Waals surface area contributed by atoms with Gasteiger partial charge in [0.05, 0.1) is 15.7 Å². The molecule has 0 spiro atoms. The maximum atomic E-state index is 12.5. The molecule has 0 saturated carbocycles. The molecule has 0 aliphatic rings. The van der Waals surface area contributed by atoms with E-state index in [4.69, 9.17) is 46.8 Å². The summed E-state index contributed by atoms with van der Waals surface area (Å²) < 4.78 is 12.5. The number of nitrogens with two attached hydrogens (primary N) is 1. The molecule has 0 saturated heterocycles. The topological polar surface area (TPSA) is 26.0 Å². The van der Waals surface area contributed by atoms with E-state index in [0.717, 1.165) is 6.07 Å². The fourth-order valence-corrected chi connectivity index (χ4v) is 0.860. The van der Waals surface area contributed by atoms with Crippen molar-refractivity contribution in [3.63, 3.8) is 0 Å². The molecule has 1 nitrogen and oxygen atoms in total. The number of halogens is 5. The van der Waals surface area contributed by atoms with Crippen LogP contribution in [-0.2, 0) is 0 Å². The predicted octanol–water partition coefficient (Wildman–Crippen LogP) is 3.71. The van der Waals surface area contributed by atoms with Crippen LogP contribution in [0.25, 0.3) is 0 Å². The Morgan fingerprint density at radius 1 is 1.15 bits per heavy atom. The first kappa shape index (κ1) is 13.9. The van der Waals surface area contributed by atoms with Crippen molar-refractivity contribution in [1.29, 1.82) is 0 Å². The normalized spacial score (nSPS) is 9.00. The third-order valence-corrected chi connectivity index (χ3v) is 1.76. The van der Waals surface area contributed by atoms with E-state index >= 15 is 0 Å². The Balaban J connectivity index is 0.000000424. The van der Waals surface area contributed by atoms with Crippen LogP contribution >= 0.6 is 41.0 Å². The van der Waals surface area contributed by atoms with Crippen LogP contribution in [0.15, 0.2) is 12.1 Å². The predicted molar refractivity (Wildman–Crippen MR) is 58.3 cm³/mol. The van der Waals surface area contributed by atoms with Crippen molar-refractivity contribution in [2.75, 3.05) is 5.73 Å². The van der Waals surface area contributed by atoms with E-state index in [1.54, 1.807) is 0 Å². The van der Waals surface area contributed by atoms with Gasteiger partial charge in [-0.25, -0.2) is 4.39 Å². The summed E-state index contributed by atoms with van der Waals surface area (Å²) >= 11 is 10.1. The first-order valence-electron chi connectivity index (χ1n) is 2.89. The number of hydrogen-bond donors (Lipinski definition) is 1. The SMILES string of the molecule is Nc1cc(Cl)c(Cl)cc1F.[Cl][Sn][Cl]. The molecule has 1 aromatic carbocycles. The maximum absolute atomic E-state index is 12.5. The van der Waals surface area contributed by atoms with Crippen LogP contribution in [0.4, 0.5) is 10.1 Å². The van der Waals surface area contributed by atoms with Gasteiger partial charge >= 0.3 is 36.7 Å². The van der Waals surface area contributed by atoms with Gasteiger partial charge in [0, 0.05) is 0 Å². The number of nitrogen functional groups attached to an aromatic ring is 1. The molecule has 72 valence electrons. The van der Waals surface area contributed by atoms with Crippen LogP contribution in [-0.4, -0.2) is 18.9 Å². The van der Waals surface area contributed by atoms with Gasteiger partial charge < -0.3 is 5.73 Å². The van der Waals surface area contributed by atoms with Crippen molar-refractivity contribution in [1.82, 2.24) is 0 Å². The average molecular weight is 370 g/mol. The third kappa shape index (κ3) is 5.37. The van der Waals surface area contributed by atoms with E-state index in [2.05, 4.69) is 0 Å². The summed E-state index contributed by atoms with van der Waals surface area (Å²) in [6, 6.07) is 2.36. The average Bonchev–Trinajstić information content (AvgIpc) is 2.03. The zero-order valence-corrected chi connectivity index (χ0v) is 12.0. The molecule has 0 unspecified atom stereocenters. The molecule has 0 heterocycles. The van der Waals surface area contributed by atoms with E-state index in [1.165, 1.54) is 6.07 Å². The second-order valence-corrected chi connectivity index (χ2v) is 6.91. The van der Waals surface area contributed by atoms with Gasteiger partial charge in [-0.2, -0.15) is 0 Å². The number of hydrogen-bond acceptors (Lipinski definition) is 1. The molecule has 0 amide bonds. The summed E-state index contributed by atoms with van der Waals surface area (Å²) in [5.41, 5.74) is 5.18. The van der Waals surface area contributed by atoms with E-state index in [0.29, 0.717) is 0 Å². The van der Waals surface area contributed by atoms with Crippen molar-refractivity contribution >= 4 is 65.6 Å². The minimum absolute atomic E-state index is 0.00870. The molecular weight excluding hydrogens is 366 g/mol. The van der Waals surface area contributed by atoms with Crippen molar-refractivity contribution in [3.05, 3.63) is 28.0 Å². The van der Waals surface area contributed by atoms with Crippen LogP contribution in [0, 0.1) is 5.82 Å². The number of benzene rings is 1. The van der Waals surface area contributed by atoms with Crippen LogP contribution in [0.5, 0.6) is 0 Å². The van der Waals surface area contributed by atoms with Crippen molar-refractivity contribution in [2.45, 2.75) is 0 Å². The molecule has 2 radical (unpaired) electrons. The minimum atomic E-state index is -0.826. The zero-order valence-electron chi connectivity index (χ0n) is 6.12. The monoisotopic (exact) mass is 369 g/mol. The Labute approximate surface area is 103 Å². The molecule has 13 heavy (non-hydrogen) atoms. The van der Waals surface area contributed by atoms with Gasteiger partial charge in [0.2, 0.25) is 0 Å². The van der Waals surface area contributed by atoms with E-state index in [1.807, 2.05) is 0 Å². The molecule has 0 atom stereocenters. The van der Waals surface area contributed by atoms with Gasteiger partial charge in [0.15, 0.2) is 0 Å². The molecule has 0 fully saturated rings. The van der Waals surface area contributed by atoms with E-state index < -0.39 is 24.7 Å². The van der Waals surface area contributed by atoms with Crippen LogP contribution in [0.3, 0.4) is 0 Å². The summed E-state index contributed by atoms with van der Waals surface area (Å²) in [7, 11) is 9.87. The van der Waals surface area contributed by atoms with Crippen LogP contribution in [0.1, 0.15) is 0 Å². The molecular formula is C6H4Cl4FNSn. The summed E-state index contributed by atoms with van der Waals surface area (Å²) in [4.78, 5) is 0. The molecule has 7 heteroatoms. The van der Waals surface area contributed by atoms with Gasteiger partial charge in [0.25, 0.3) is 0 Å². The molecule has 1 rings (SSSR count). The van der Waals surface area contributed by atoms with Crippen molar-refractivity contribution < 1.29 is 4.39 Å². The van der Waals surface area contributed by atoms with Gasteiger partial charge in [0.1, 0.15) is 5.82 Å². The number of rotatable bonds is 0. The quantitative estimate of drug-likeness (QED) is 0.421. The standard InChI is InChI=1S/C6H4Cl2FN.2ClH.Sn/c7-3-1-5(9)6(10)2-4(3)8;;;/h1-2H,10H2;2*1H;/q;;;+2/p-2. The Morgan fingerprint density at radius 2 is 1.54 bits per heavy atom. The van der Waals surface area contributed by atoms with E-state index in [-0.39, 0.29) is 15.7 Å². The Kier molecular flexibility index (Phi) is 7.74. The molecule has 0 aliphatic carbocycles. The molecule has 0 bridgehead atoms.